The monoisotopic (exact) mass is 519 g/mol. The van der Waals surface area contributed by atoms with Gasteiger partial charge in [0.25, 0.3) is 0 Å². The van der Waals surface area contributed by atoms with E-state index in [0.717, 1.165) is 24.8 Å². The van der Waals surface area contributed by atoms with Crippen LogP contribution in [0.5, 0.6) is 0 Å². The molecule has 0 fully saturated rings. The van der Waals surface area contributed by atoms with Crippen molar-refractivity contribution in [3.63, 3.8) is 0 Å². The van der Waals surface area contributed by atoms with Crippen molar-refractivity contribution in [2.24, 2.45) is 0 Å². The third-order valence-electron chi connectivity index (χ3n) is 4.39. The molecule has 2 N–H and O–H groups in total. The Kier molecular flexibility index (Phi) is 17.3. The molecule has 0 saturated heterocycles. The number of aliphatic carboxylic acids is 2. The van der Waals surface area contributed by atoms with Gasteiger partial charge >= 0.3 is 11.9 Å². The second-order valence-corrected chi connectivity index (χ2v) is 7.12. The molecule has 0 radical (unpaired) electrons. The Hall–Kier alpha value is -2.29. The summed E-state index contributed by atoms with van der Waals surface area (Å²) in [7, 11) is 0. The van der Waals surface area contributed by atoms with Crippen LogP contribution in [0.25, 0.3) is 0 Å². The molecular weight excluding hydrogens is 487 g/mol. The summed E-state index contributed by atoms with van der Waals surface area (Å²) in [4.78, 5) is 32.1. The predicted molar refractivity (Wildman–Crippen MR) is 120 cm³/mol. The van der Waals surface area contributed by atoms with E-state index in [1.807, 2.05) is 19.1 Å². The first-order valence-corrected chi connectivity index (χ1v) is 9.87. The number of rotatable bonds is 10. The summed E-state index contributed by atoms with van der Waals surface area (Å²) in [6.07, 6.45) is 3.74. The number of benzene rings is 2. The van der Waals surface area contributed by atoms with Crippen LogP contribution in [0.2, 0.25) is 0 Å². The Morgan fingerprint density at radius 2 is 1.13 bits per heavy atom. The zero-order valence-electron chi connectivity index (χ0n) is 18.5. The number of ketones is 1. The maximum Gasteiger partial charge on any atom is 0.303 e. The smallest absolute Gasteiger partial charge is 0.303 e. The van der Waals surface area contributed by atoms with Gasteiger partial charge in [0.05, 0.1) is 0 Å². The van der Waals surface area contributed by atoms with Crippen molar-refractivity contribution in [2.45, 2.75) is 58.8 Å². The summed E-state index contributed by atoms with van der Waals surface area (Å²) in [5.41, 5.74) is 4.32. The third kappa shape index (κ3) is 15.2. The van der Waals surface area contributed by atoms with Crippen LogP contribution < -0.4 is 0 Å². The Morgan fingerprint density at radius 1 is 0.677 bits per heavy atom. The van der Waals surface area contributed by atoms with Crippen molar-refractivity contribution in [3.05, 3.63) is 78.2 Å². The number of hydrogen-bond acceptors (Lipinski definition) is 3. The maximum absolute atomic E-state index is 11.5. The fourth-order valence-electron chi connectivity index (χ4n) is 2.64. The molecule has 174 valence electrons. The van der Waals surface area contributed by atoms with Crippen molar-refractivity contribution < 1.29 is 45.0 Å². The summed E-state index contributed by atoms with van der Waals surface area (Å²) in [5.74, 6) is -1.54. The number of carbonyl (C=O) groups excluding carboxylic acids is 1. The summed E-state index contributed by atoms with van der Waals surface area (Å²) in [6, 6.07) is 15.7. The minimum atomic E-state index is -0.855. The molecule has 2 aromatic rings. The summed E-state index contributed by atoms with van der Waals surface area (Å²) in [6.45, 7) is 4.02. The second kappa shape index (κ2) is 17.4. The first-order chi connectivity index (χ1) is 13.8. The van der Waals surface area contributed by atoms with E-state index in [1.165, 1.54) is 11.1 Å². The summed E-state index contributed by atoms with van der Waals surface area (Å²) >= 11 is 0. The van der Waals surface area contributed by atoms with E-state index in [9.17, 15) is 14.4 Å². The van der Waals surface area contributed by atoms with Crippen LogP contribution >= 0.6 is 0 Å². The molecule has 2 aromatic carbocycles. The summed E-state index contributed by atoms with van der Waals surface area (Å²) in [5, 5.41) is 16.9. The van der Waals surface area contributed by atoms with Crippen LogP contribution in [0, 0.1) is 21.3 Å². The fraction of sp³-hybridized carbons (Fsp3) is 0.360. The van der Waals surface area contributed by atoms with E-state index in [1.54, 1.807) is 12.1 Å². The minimum Gasteiger partial charge on any atom is -0.481 e. The Bertz CT molecular complexity index is 783. The number of Topliss-reactive ketones (excluding diaryl/α,β-unsaturated/α-hetero) is 1. The van der Waals surface area contributed by atoms with Crippen molar-refractivity contribution in [1.29, 1.82) is 0 Å². The number of carbonyl (C=O) groups is 3. The van der Waals surface area contributed by atoms with Gasteiger partial charge in [-0.1, -0.05) is 59.7 Å². The second-order valence-electron chi connectivity index (χ2n) is 7.12. The van der Waals surface area contributed by atoms with Gasteiger partial charge in [0.15, 0.2) is 5.78 Å². The quantitative estimate of drug-likeness (QED) is 0.182. The van der Waals surface area contributed by atoms with Gasteiger partial charge in [0.1, 0.15) is 0 Å². The van der Waals surface area contributed by atoms with E-state index in [-0.39, 0.29) is 46.5 Å². The zero-order valence-corrected chi connectivity index (χ0v) is 20.1. The Morgan fingerprint density at radius 3 is 1.61 bits per heavy atom. The van der Waals surface area contributed by atoms with Gasteiger partial charge in [0, 0.05) is 45.2 Å². The van der Waals surface area contributed by atoms with Gasteiger partial charge in [-0.3, -0.25) is 14.4 Å². The Balaban J connectivity index is 0. The molecule has 0 spiro atoms. The molecule has 0 heterocycles. The SMILES string of the molecule is Cc1ccc(C(=O)CCCC(=O)O)cc1.Cc1ccc(CCCCC(=O)O)cc1.[CH3-].[Pd]. The van der Waals surface area contributed by atoms with Crippen LogP contribution in [-0.4, -0.2) is 27.9 Å². The van der Waals surface area contributed by atoms with E-state index in [2.05, 4.69) is 31.2 Å². The minimum absolute atomic E-state index is 0. The molecule has 0 bridgehead atoms. The molecule has 0 atom stereocenters. The van der Waals surface area contributed by atoms with Gasteiger partial charge in [-0.05, 0) is 45.1 Å². The van der Waals surface area contributed by atoms with Crippen LogP contribution in [-0.2, 0) is 36.4 Å². The maximum atomic E-state index is 11.5. The van der Waals surface area contributed by atoms with E-state index in [4.69, 9.17) is 10.2 Å². The third-order valence-corrected chi connectivity index (χ3v) is 4.39. The molecule has 0 amide bonds. The molecular formula is C25H33O5Pd-. The number of hydrogen-bond donors (Lipinski definition) is 2. The zero-order chi connectivity index (χ0) is 21.6. The molecule has 2 rings (SSSR count). The van der Waals surface area contributed by atoms with Gasteiger partial charge in [-0.25, -0.2) is 0 Å². The molecule has 31 heavy (non-hydrogen) atoms. The van der Waals surface area contributed by atoms with Crippen molar-refractivity contribution in [1.82, 2.24) is 0 Å². The molecule has 5 nitrogen and oxygen atoms in total. The van der Waals surface area contributed by atoms with Gasteiger partial charge in [0.2, 0.25) is 0 Å². The molecule has 0 aromatic heterocycles. The van der Waals surface area contributed by atoms with Crippen molar-refractivity contribution in [2.75, 3.05) is 0 Å². The Labute approximate surface area is 199 Å². The molecule has 0 unspecified atom stereocenters. The average Bonchev–Trinajstić information content (AvgIpc) is 2.67. The van der Waals surface area contributed by atoms with Crippen LogP contribution in [0.15, 0.2) is 48.5 Å². The van der Waals surface area contributed by atoms with Gasteiger partial charge in [-0.15, -0.1) is 0 Å². The first kappa shape index (κ1) is 30.9. The molecule has 0 aliphatic heterocycles. The van der Waals surface area contributed by atoms with Crippen molar-refractivity contribution >= 4 is 17.7 Å². The number of aryl methyl sites for hydroxylation is 3. The molecule has 0 saturated carbocycles. The standard InChI is InChI=1S/C12H14O3.C12H16O2.CH3.Pd/c1-9-5-7-10(8-6-9)11(13)3-2-4-12(14)15;1-10-6-8-11(9-7-10)4-2-3-5-12(13)14;;/h5-8H,2-4H2,1H3,(H,14,15);6-9H,2-5H2,1H3,(H,13,14);1H3;/q;;-1;. The first-order valence-electron chi connectivity index (χ1n) is 9.87. The van der Waals surface area contributed by atoms with Crippen molar-refractivity contribution in [3.8, 4) is 0 Å². The largest absolute Gasteiger partial charge is 0.481 e. The topological polar surface area (TPSA) is 91.7 Å². The van der Waals surface area contributed by atoms with Crippen LogP contribution in [0.4, 0.5) is 0 Å². The molecule has 0 aliphatic rings. The van der Waals surface area contributed by atoms with Gasteiger partial charge < -0.3 is 17.6 Å². The predicted octanol–water partition coefficient (Wildman–Crippen LogP) is 5.67. The van der Waals surface area contributed by atoms with E-state index < -0.39 is 11.9 Å². The van der Waals surface area contributed by atoms with Crippen LogP contribution in [0.3, 0.4) is 0 Å². The molecule has 0 aliphatic carbocycles. The number of carboxylic acid groups (broad SMARTS) is 2. The number of carboxylic acids is 2. The molecule has 6 heteroatoms. The summed E-state index contributed by atoms with van der Waals surface area (Å²) < 4.78 is 0. The average molecular weight is 520 g/mol. The van der Waals surface area contributed by atoms with Gasteiger partial charge in [-0.2, -0.15) is 0 Å². The normalized spacial score (nSPS) is 9.35. The van der Waals surface area contributed by atoms with E-state index in [0.29, 0.717) is 18.4 Å². The number of unbranched alkanes of at least 4 members (excludes halogenated alkanes) is 1. The van der Waals surface area contributed by atoms with E-state index >= 15 is 0 Å². The fourth-order valence-corrected chi connectivity index (χ4v) is 2.64. The van der Waals surface area contributed by atoms with Crippen LogP contribution in [0.1, 0.15) is 65.6 Å².